The fourth-order valence-corrected chi connectivity index (χ4v) is 2.50. The third-order valence-electron chi connectivity index (χ3n) is 2.92. The predicted octanol–water partition coefficient (Wildman–Crippen LogP) is 1.15. The van der Waals surface area contributed by atoms with Crippen molar-refractivity contribution in [1.29, 1.82) is 0 Å². The highest BCUT2D eigenvalue weighted by Crippen LogP contribution is 2.20. The Balaban J connectivity index is 1.73. The van der Waals surface area contributed by atoms with Crippen molar-refractivity contribution in [2.75, 3.05) is 19.7 Å². The highest BCUT2D eigenvalue weighted by Gasteiger charge is 2.27. The smallest absolute Gasteiger partial charge is 0.273 e. The van der Waals surface area contributed by atoms with E-state index >= 15 is 0 Å². The number of rotatable bonds is 2. The molecule has 0 aliphatic carbocycles. The van der Waals surface area contributed by atoms with Crippen molar-refractivity contribution in [1.82, 2.24) is 19.9 Å². The molecule has 19 heavy (non-hydrogen) atoms. The molecule has 3 rings (SSSR count). The highest BCUT2D eigenvalue weighted by atomic mass is 32.1. The number of ether oxygens (including phenoxy) is 1. The van der Waals surface area contributed by atoms with Crippen molar-refractivity contribution in [3.63, 3.8) is 0 Å². The molecule has 1 atom stereocenters. The van der Waals surface area contributed by atoms with Gasteiger partial charge in [0.25, 0.3) is 5.91 Å². The molecule has 6 nitrogen and oxygen atoms in total. The average Bonchev–Trinajstić information content (AvgIpc) is 3.02. The molecule has 0 saturated carbocycles. The Bertz CT molecular complexity index is 546. The summed E-state index contributed by atoms with van der Waals surface area (Å²) < 4.78 is 5.65. The molecule has 1 aliphatic rings. The van der Waals surface area contributed by atoms with Gasteiger partial charge in [-0.15, -0.1) is 11.3 Å². The van der Waals surface area contributed by atoms with E-state index in [0.29, 0.717) is 25.4 Å². The van der Waals surface area contributed by atoms with Gasteiger partial charge in [0, 0.05) is 24.3 Å². The zero-order chi connectivity index (χ0) is 13.1. The van der Waals surface area contributed by atoms with Crippen LogP contribution < -0.4 is 0 Å². The van der Waals surface area contributed by atoms with Crippen molar-refractivity contribution in [2.24, 2.45) is 0 Å². The third kappa shape index (κ3) is 2.61. The van der Waals surface area contributed by atoms with E-state index in [1.165, 1.54) is 11.3 Å². The van der Waals surface area contributed by atoms with Crippen LogP contribution >= 0.6 is 11.3 Å². The topological polar surface area (TPSA) is 68.2 Å². The zero-order valence-electron chi connectivity index (χ0n) is 10.1. The van der Waals surface area contributed by atoms with Crippen molar-refractivity contribution in [2.45, 2.75) is 6.10 Å². The van der Waals surface area contributed by atoms with E-state index < -0.39 is 0 Å². The van der Waals surface area contributed by atoms with Gasteiger partial charge in [-0.25, -0.2) is 4.98 Å². The molecule has 7 heteroatoms. The second kappa shape index (κ2) is 5.41. The maximum absolute atomic E-state index is 12.2. The molecule has 0 N–H and O–H groups in total. The van der Waals surface area contributed by atoms with E-state index in [1.54, 1.807) is 34.4 Å². The largest absolute Gasteiger partial charge is 0.368 e. The molecule has 1 aliphatic heterocycles. The van der Waals surface area contributed by atoms with E-state index in [1.807, 2.05) is 0 Å². The number of morpholine rings is 1. The quantitative estimate of drug-likeness (QED) is 0.823. The summed E-state index contributed by atoms with van der Waals surface area (Å²) in [7, 11) is 0. The SMILES string of the molecule is O=C(c1cscn1)N1CCO[C@H](c2cnccn2)C1. The zero-order valence-corrected chi connectivity index (χ0v) is 10.9. The molecule has 0 spiro atoms. The third-order valence-corrected chi connectivity index (χ3v) is 3.50. The van der Waals surface area contributed by atoms with Crippen molar-refractivity contribution in [3.8, 4) is 0 Å². The summed E-state index contributed by atoms with van der Waals surface area (Å²) in [6.07, 6.45) is 4.69. The minimum absolute atomic E-state index is 0.0570. The van der Waals surface area contributed by atoms with Gasteiger partial charge in [0.15, 0.2) is 0 Å². The van der Waals surface area contributed by atoms with Crippen molar-refractivity contribution < 1.29 is 9.53 Å². The first kappa shape index (κ1) is 12.2. The Hall–Kier alpha value is -1.86. The van der Waals surface area contributed by atoms with Crippen LogP contribution in [0.2, 0.25) is 0 Å². The van der Waals surface area contributed by atoms with Crippen molar-refractivity contribution >= 4 is 17.2 Å². The van der Waals surface area contributed by atoms with Crippen LogP contribution in [0.4, 0.5) is 0 Å². The van der Waals surface area contributed by atoms with Gasteiger partial charge in [0.05, 0.1) is 30.6 Å². The van der Waals surface area contributed by atoms with Gasteiger partial charge in [0.2, 0.25) is 0 Å². The van der Waals surface area contributed by atoms with Crippen LogP contribution in [0.5, 0.6) is 0 Å². The molecular formula is C12H12N4O2S. The number of thiazole rings is 1. The Labute approximate surface area is 114 Å². The second-order valence-corrected chi connectivity index (χ2v) is 4.83. The lowest BCUT2D eigenvalue weighted by Gasteiger charge is -2.32. The molecule has 1 saturated heterocycles. The van der Waals surface area contributed by atoms with Crippen LogP contribution in [-0.2, 0) is 4.74 Å². The minimum atomic E-state index is -0.218. The van der Waals surface area contributed by atoms with Crippen LogP contribution in [0.3, 0.4) is 0 Å². The second-order valence-electron chi connectivity index (χ2n) is 4.11. The van der Waals surface area contributed by atoms with Gasteiger partial charge in [0.1, 0.15) is 11.8 Å². The molecular weight excluding hydrogens is 264 g/mol. The molecule has 98 valence electrons. The van der Waals surface area contributed by atoms with E-state index in [0.717, 1.165) is 5.69 Å². The Morgan fingerprint density at radius 3 is 3.11 bits per heavy atom. The fourth-order valence-electron chi connectivity index (χ4n) is 1.97. The number of aromatic nitrogens is 3. The number of hydrogen-bond acceptors (Lipinski definition) is 6. The van der Waals surface area contributed by atoms with Crippen LogP contribution in [0, 0.1) is 0 Å². The summed E-state index contributed by atoms with van der Waals surface area (Å²) in [6.45, 7) is 1.55. The first-order valence-corrected chi connectivity index (χ1v) is 6.84. The Kier molecular flexibility index (Phi) is 3.47. The van der Waals surface area contributed by atoms with Crippen LogP contribution in [0.1, 0.15) is 22.3 Å². The van der Waals surface area contributed by atoms with E-state index in [2.05, 4.69) is 15.0 Å². The highest BCUT2D eigenvalue weighted by molar-refractivity contribution is 7.07. The fraction of sp³-hybridized carbons (Fsp3) is 0.333. The normalized spacial score (nSPS) is 19.4. The molecule has 2 aromatic heterocycles. The summed E-state index contributed by atoms with van der Waals surface area (Å²) in [5.74, 6) is -0.0570. The van der Waals surface area contributed by atoms with E-state index in [-0.39, 0.29) is 12.0 Å². The van der Waals surface area contributed by atoms with Gasteiger partial charge in [-0.1, -0.05) is 0 Å². The lowest BCUT2D eigenvalue weighted by Crippen LogP contribution is -2.42. The van der Waals surface area contributed by atoms with Crippen LogP contribution in [0.15, 0.2) is 29.5 Å². The summed E-state index contributed by atoms with van der Waals surface area (Å²) in [6, 6.07) is 0. The molecule has 0 bridgehead atoms. The standard InChI is InChI=1S/C12H12N4O2S/c17-12(10-7-19-8-15-10)16-3-4-18-11(6-16)9-5-13-1-2-14-9/h1-2,5,7-8,11H,3-4,6H2/t11-/m0/s1. The molecule has 0 radical (unpaired) electrons. The summed E-state index contributed by atoms with van der Waals surface area (Å²) in [5.41, 5.74) is 2.90. The van der Waals surface area contributed by atoms with Gasteiger partial charge < -0.3 is 9.64 Å². The van der Waals surface area contributed by atoms with Crippen LogP contribution in [-0.4, -0.2) is 45.5 Å². The maximum atomic E-state index is 12.2. The molecule has 1 amide bonds. The Morgan fingerprint density at radius 2 is 2.37 bits per heavy atom. The first-order chi connectivity index (χ1) is 9.34. The number of nitrogens with zero attached hydrogens (tertiary/aromatic N) is 4. The summed E-state index contributed by atoms with van der Waals surface area (Å²) >= 11 is 1.42. The molecule has 0 aromatic carbocycles. The summed E-state index contributed by atoms with van der Waals surface area (Å²) in [5, 5.41) is 1.76. The lowest BCUT2D eigenvalue weighted by molar-refractivity contribution is -0.0250. The van der Waals surface area contributed by atoms with E-state index in [4.69, 9.17) is 4.74 Å². The Morgan fingerprint density at radius 1 is 1.42 bits per heavy atom. The average molecular weight is 276 g/mol. The van der Waals surface area contributed by atoms with Crippen LogP contribution in [0.25, 0.3) is 0 Å². The molecule has 3 heterocycles. The van der Waals surface area contributed by atoms with Gasteiger partial charge >= 0.3 is 0 Å². The van der Waals surface area contributed by atoms with Crippen molar-refractivity contribution in [3.05, 3.63) is 40.9 Å². The van der Waals surface area contributed by atoms with Gasteiger partial charge in [-0.2, -0.15) is 0 Å². The lowest BCUT2D eigenvalue weighted by atomic mass is 10.2. The number of hydrogen-bond donors (Lipinski definition) is 0. The molecule has 2 aromatic rings. The maximum Gasteiger partial charge on any atom is 0.273 e. The number of carbonyl (C=O) groups is 1. The van der Waals surface area contributed by atoms with Gasteiger partial charge in [-0.3, -0.25) is 14.8 Å². The minimum Gasteiger partial charge on any atom is -0.368 e. The molecule has 1 fully saturated rings. The summed E-state index contributed by atoms with van der Waals surface area (Å²) in [4.78, 5) is 26.3. The molecule has 0 unspecified atom stereocenters. The van der Waals surface area contributed by atoms with Gasteiger partial charge in [-0.05, 0) is 0 Å². The number of carbonyl (C=O) groups excluding carboxylic acids is 1. The number of amides is 1. The first-order valence-electron chi connectivity index (χ1n) is 5.89. The van der Waals surface area contributed by atoms with E-state index in [9.17, 15) is 4.79 Å². The predicted molar refractivity (Wildman–Crippen MR) is 68.7 cm³/mol. The monoisotopic (exact) mass is 276 g/mol.